The second kappa shape index (κ2) is 6.39. The zero-order valence-electron chi connectivity index (χ0n) is 11.6. The third-order valence-electron chi connectivity index (χ3n) is 2.91. The van der Waals surface area contributed by atoms with E-state index in [2.05, 4.69) is 68.9 Å². The van der Waals surface area contributed by atoms with Crippen LogP contribution in [0.25, 0.3) is 0 Å². The molecule has 0 aliphatic carbocycles. The number of allylic oxidation sites excluding steroid dienone is 4. The van der Waals surface area contributed by atoms with E-state index < -0.39 is 8.07 Å². The molecule has 0 bridgehead atoms. The maximum absolute atomic E-state index is 3.89. The SMILES string of the molecule is C=C=C([C@H](/C=C/C=C)c1ccccc1)[Si](C)(C)C. The van der Waals surface area contributed by atoms with E-state index in [1.807, 2.05) is 18.2 Å². The lowest BCUT2D eigenvalue weighted by molar-refractivity contribution is 1.04. The summed E-state index contributed by atoms with van der Waals surface area (Å²) in [6.07, 6.45) is 6.02. The molecule has 0 amide bonds. The molecule has 1 aromatic rings. The van der Waals surface area contributed by atoms with Gasteiger partial charge >= 0.3 is 0 Å². The Hall–Kier alpha value is -1.56. The van der Waals surface area contributed by atoms with Gasteiger partial charge in [-0.25, -0.2) is 0 Å². The maximum Gasteiger partial charge on any atom is 0.0835 e. The Kier molecular flexibility index (Phi) is 5.15. The fourth-order valence-corrected chi connectivity index (χ4v) is 3.79. The van der Waals surface area contributed by atoms with Gasteiger partial charge in [-0.15, -0.1) is 5.73 Å². The zero-order chi connectivity index (χ0) is 13.6. The van der Waals surface area contributed by atoms with E-state index in [0.29, 0.717) is 0 Å². The Morgan fingerprint density at radius 3 is 2.28 bits per heavy atom. The first-order valence-corrected chi connectivity index (χ1v) is 9.75. The van der Waals surface area contributed by atoms with E-state index >= 15 is 0 Å². The van der Waals surface area contributed by atoms with Gasteiger partial charge in [-0.05, 0) is 10.8 Å². The van der Waals surface area contributed by atoms with Crippen molar-refractivity contribution >= 4 is 8.07 Å². The van der Waals surface area contributed by atoms with E-state index in [1.54, 1.807) is 0 Å². The molecule has 1 heteroatoms. The molecule has 0 unspecified atom stereocenters. The molecule has 18 heavy (non-hydrogen) atoms. The van der Waals surface area contributed by atoms with Crippen LogP contribution in [0.15, 0.2) is 72.6 Å². The second-order valence-corrected chi connectivity index (χ2v) is 10.4. The summed E-state index contributed by atoms with van der Waals surface area (Å²) in [5.41, 5.74) is 4.49. The Balaban J connectivity index is 3.26. The molecular weight excluding hydrogens is 232 g/mol. The van der Waals surface area contributed by atoms with Crippen molar-refractivity contribution < 1.29 is 0 Å². The van der Waals surface area contributed by atoms with E-state index in [4.69, 9.17) is 0 Å². The molecular formula is C17H22Si. The van der Waals surface area contributed by atoms with Crippen LogP contribution in [0.4, 0.5) is 0 Å². The Labute approximate surface area is 112 Å². The molecule has 0 aliphatic heterocycles. The molecule has 0 heterocycles. The molecule has 1 rings (SSSR count). The standard InChI is InChI=1S/C17H22Si/c1-6-8-14-16(15-12-10-9-11-13-15)17(7-2)18(3,4)5/h6,8-14,16H,1-2H2,3-5H3/b14-8+/t16-/m1/s1. The molecule has 0 aromatic heterocycles. The first-order valence-electron chi connectivity index (χ1n) is 6.25. The number of benzene rings is 1. The van der Waals surface area contributed by atoms with Crippen LogP contribution in [0.1, 0.15) is 11.5 Å². The summed E-state index contributed by atoms with van der Waals surface area (Å²) >= 11 is 0. The van der Waals surface area contributed by atoms with Gasteiger partial charge in [0.2, 0.25) is 0 Å². The predicted molar refractivity (Wildman–Crippen MR) is 84.5 cm³/mol. The molecule has 0 spiro atoms. The molecule has 0 aliphatic rings. The van der Waals surface area contributed by atoms with Crippen LogP contribution in [0.3, 0.4) is 0 Å². The van der Waals surface area contributed by atoms with Crippen molar-refractivity contribution in [3.8, 4) is 0 Å². The Morgan fingerprint density at radius 2 is 1.83 bits per heavy atom. The average Bonchev–Trinajstić information content (AvgIpc) is 2.34. The van der Waals surface area contributed by atoms with Gasteiger partial charge in [-0.3, -0.25) is 0 Å². The van der Waals surface area contributed by atoms with Gasteiger partial charge in [0.05, 0.1) is 8.07 Å². The van der Waals surface area contributed by atoms with Gasteiger partial charge in [-0.2, -0.15) is 0 Å². The Bertz CT molecular complexity index is 468. The highest BCUT2D eigenvalue weighted by molar-refractivity contribution is 6.83. The smallest absolute Gasteiger partial charge is 0.0835 e. The number of hydrogen-bond donors (Lipinski definition) is 0. The van der Waals surface area contributed by atoms with Gasteiger partial charge < -0.3 is 0 Å². The zero-order valence-corrected chi connectivity index (χ0v) is 12.6. The van der Waals surface area contributed by atoms with E-state index in [0.717, 1.165) is 0 Å². The average molecular weight is 254 g/mol. The third kappa shape index (κ3) is 3.73. The lowest BCUT2D eigenvalue weighted by atomic mass is 9.98. The Morgan fingerprint density at radius 1 is 1.22 bits per heavy atom. The van der Waals surface area contributed by atoms with Gasteiger partial charge in [-0.1, -0.05) is 81.4 Å². The van der Waals surface area contributed by atoms with Crippen LogP contribution in [0.5, 0.6) is 0 Å². The van der Waals surface area contributed by atoms with E-state index in [1.165, 1.54) is 10.8 Å². The lowest BCUT2D eigenvalue weighted by Gasteiger charge is -2.26. The number of rotatable bonds is 5. The van der Waals surface area contributed by atoms with E-state index in [-0.39, 0.29) is 5.92 Å². The molecule has 1 atom stereocenters. The summed E-state index contributed by atoms with van der Waals surface area (Å²) in [7, 11) is -1.43. The number of hydrogen-bond acceptors (Lipinski definition) is 0. The summed E-state index contributed by atoms with van der Waals surface area (Å²) in [6.45, 7) is 14.6. The van der Waals surface area contributed by atoms with Crippen LogP contribution in [0, 0.1) is 0 Å². The molecule has 94 valence electrons. The summed E-state index contributed by atoms with van der Waals surface area (Å²) in [4.78, 5) is 0. The van der Waals surface area contributed by atoms with Crippen molar-refractivity contribution in [3.63, 3.8) is 0 Å². The lowest BCUT2D eigenvalue weighted by Crippen LogP contribution is -2.27. The highest BCUT2D eigenvalue weighted by Gasteiger charge is 2.26. The molecule has 0 N–H and O–H groups in total. The minimum absolute atomic E-state index is 0.272. The van der Waals surface area contributed by atoms with Gasteiger partial charge in [0.1, 0.15) is 0 Å². The van der Waals surface area contributed by atoms with Crippen molar-refractivity contribution in [1.82, 2.24) is 0 Å². The topological polar surface area (TPSA) is 0 Å². The third-order valence-corrected chi connectivity index (χ3v) is 5.01. The highest BCUT2D eigenvalue weighted by Crippen LogP contribution is 2.31. The van der Waals surface area contributed by atoms with Gasteiger partial charge in [0, 0.05) is 5.92 Å². The van der Waals surface area contributed by atoms with Gasteiger partial charge in [0.15, 0.2) is 0 Å². The van der Waals surface area contributed by atoms with Crippen LogP contribution in [-0.4, -0.2) is 8.07 Å². The van der Waals surface area contributed by atoms with Gasteiger partial charge in [0.25, 0.3) is 0 Å². The van der Waals surface area contributed by atoms with Crippen molar-refractivity contribution in [2.24, 2.45) is 0 Å². The fraction of sp³-hybridized carbons (Fsp3) is 0.235. The summed E-state index contributed by atoms with van der Waals surface area (Å²) in [5.74, 6) is 0.272. The fourth-order valence-electron chi connectivity index (χ4n) is 2.07. The monoisotopic (exact) mass is 254 g/mol. The van der Waals surface area contributed by atoms with Crippen LogP contribution in [-0.2, 0) is 0 Å². The van der Waals surface area contributed by atoms with Crippen molar-refractivity contribution in [1.29, 1.82) is 0 Å². The summed E-state index contributed by atoms with van der Waals surface area (Å²) in [6, 6.07) is 10.5. The molecule has 0 nitrogen and oxygen atoms in total. The summed E-state index contributed by atoms with van der Waals surface area (Å²) in [5, 5.41) is 1.34. The van der Waals surface area contributed by atoms with Crippen LogP contribution >= 0.6 is 0 Å². The van der Waals surface area contributed by atoms with Crippen molar-refractivity contribution in [2.75, 3.05) is 0 Å². The largest absolute Gasteiger partial charge is 0.133 e. The van der Waals surface area contributed by atoms with Crippen LogP contribution < -0.4 is 0 Å². The first-order chi connectivity index (χ1) is 8.50. The first kappa shape index (κ1) is 14.5. The minimum Gasteiger partial charge on any atom is -0.133 e. The molecule has 0 fully saturated rings. The van der Waals surface area contributed by atoms with Crippen LogP contribution in [0.2, 0.25) is 19.6 Å². The normalized spacial score (nSPS) is 13.1. The van der Waals surface area contributed by atoms with Crippen molar-refractivity contribution in [3.05, 3.63) is 78.2 Å². The van der Waals surface area contributed by atoms with Crippen molar-refractivity contribution in [2.45, 2.75) is 25.6 Å². The molecule has 1 aromatic carbocycles. The molecule has 0 saturated carbocycles. The molecule has 0 saturated heterocycles. The second-order valence-electron chi connectivity index (χ2n) is 5.35. The molecule has 0 radical (unpaired) electrons. The minimum atomic E-state index is -1.43. The predicted octanol–water partition coefficient (Wildman–Crippen LogP) is 5.10. The van der Waals surface area contributed by atoms with E-state index in [9.17, 15) is 0 Å². The summed E-state index contributed by atoms with van der Waals surface area (Å²) < 4.78 is 0. The maximum atomic E-state index is 3.89. The quantitative estimate of drug-likeness (QED) is 0.389. The highest BCUT2D eigenvalue weighted by atomic mass is 28.3.